The lowest BCUT2D eigenvalue weighted by Crippen LogP contribution is -2.13. The molecule has 0 fully saturated rings. The minimum Gasteiger partial charge on any atom is -0.354 e. The molecule has 0 atom stereocenters. The summed E-state index contributed by atoms with van der Waals surface area (Å²) in [4.78, 5) is 21.1. The molecular formula is C17H17ClFN7. The first-order chi connectivity index (χ1) is 12.5. The Morgan fingerprint density at radius 2 is 1.88 bits per heavy atom. The largest absolute Gasteiger partial charge is 0.354 e. The number of pyridine rings is 2. The Bertz CT molecular complexity index is 904. The van der Waals surface area contributed by atoms with Gasteiger partial charge in [-0.15, -0.1) is 0 Å². The predicted molar refractivity (Wildman–Crippen MR) is 98.9 cm³/mol. The molecule has 0 aromatic carbocycles. The van der Waals surface area contributed by atoms with Crippen molar-refractivity contribution in [2.45, 2.75) is 13.8 Å². The van der Waals surface area contributed by atoms with E-state index in [1.165, 1.54) is 12.3 Å². The van der Waals surface area contributed by atoms with Crippen LogP contribution in [0.5, 0.6) is 0 Å². The van der Waals surface area contributed by atoms with Crippen LogP contribution in [-0.2, 0) is 0 Å². The number of anilines is 3. The van der Waals surface area contributed by atoms with Crippen molar-refractivity contribution in [2.75, 3.05) is 17.2 Å². The summed E-state index contributed by atoms with van der Waals surface area (Å²) in [6.45, 7) is 4.84. The van der Waals surface area contributed by atoms with Gasteiger partial charge in [0.25, 0.3) is 0 Å². The first-order valence-corrected chi connectivity index (χ1v) is 8.38. The molecule has 26 heavy (non-hydrogen) atoms. The quantitative estimate of drug-likeness (QED) is 0.633. The second-order valence-corrected chi connectivity index (χ2v) is 6.33. The average Bonchev–Trinajstić information content (AvgIpc) is 2.60. The van der Waals surface area contributed by atoms with Crippen molar-refractivity contribution in [3.05, 3.63) is 47.6 Å². The van der Waals surface area contributed by atoms with E-state index in [0.717, 1.165) is 6.20 Å². The normalized spacial score (nSPS) is 10.8. The summed E-state index contributed by atoms with van der Waals surface area (Å²) in [5.41, 5.74) is 0.934. The predicted octanol–water partition coefficient (Wildman–Crippen LogP) is 3.93. The molecule has 7 nitrogen and oxygen atoms in total. The van der Waals surface area contributed by atoms with Crippen LogP contribution in [0.15, 0.2) is 36.7 Å². The van der Waals surface area contributed by atoms with Crippen molar-refractivity contribution in [2.24, 2.45) is 5.92 Å². The molecule has 0 radical (unpaired) electrons. The average molecular weight is 374 g/mol. The summed E-state index contributed by atoms with van der Waals surface area (Å²) >= 11 is 5.96. The summed E-state index contributed by atoms with van der Waals surface area (Å²) in [6, 6.07) is 6.48. The molecule has 3 aromatic rings. The lowest BCUT2D eigenvalue weighted by atomic mass is 10.2. The third-order valence-corrected chi connectivity index (χ3v) is 3.42. The van der Waals surface area contributed by atoms with Gasteiger partial charge in [0.05, 0.1) is 18.1 Å². The van der Waals surface area contributed by atoms with Crippen molar-refractivity contribution in [1.29, 1.82) is 0 Å². The molecule has 9 heteroatoms. The van der Waals surface area contributed by atoms with E-state index in [4.69, 9.17) is 11.6 Å². The van der Waals surface area contributed by atoms with Gasteiger partial charge in [0, 0.05) is 12.6 Å². The lowest BCUT2D eigenvalue weighted by Gasteiger charge is -2.11. The smallest absolute Gasteiger partial charge is 0.232 e. The van der Waals surface area contributed by atoms with E-state index in [1.54, 1.807) is 18.2 Å². The van der Waals surface area contributed by atoms with Gasteiger partial charge >= 0.3 is 0 Å². The zero-order valence-electron chi connectivity index (χ0n) is 14.2. The Balaban J connectivity index is 1.96. The topological polar surface area (TPSA) is 88.5 Å². The number of rotatable bonds is 6. The van der Waals surface area contributed by atoms with E-state index in [9.17, 15) is 4.39 Å². The molecule has 0 spiro atoms. The van der Waals surface area contributed by atoms with E-state index in [1.807, 2.05) is 0 Å². The fourth-order valence-electron chi connectivity index (χ4n) is 2.06. The van der Waals surface area contributed by atoms with E-state index in [0.29, 0.717) is 40.8 Å². The molecule has 2 N–H and O–H groups in total. The number of halogens is 2. The number of hydrogen-bond acceptors (Lipinski definition) is 7. The van der Waals surface area contributed by atoms with Crippen LogP contribution in [0.2, 0.25) is 5.15 Å². The van der Waals surface area contributed by atoms with Gasteiger partial charge in [0.15, 0.2) is 5.82 Å². The highest BCUT2D eigenvalue weighted by molar-refractivity contribution is 6.29. The van der Waals surface area contributed by atoms with E-state index in [2.05, 4.69) is 49.4 Å². The molecule has 0 unspecified atom stereocenters. The molecular weight excluding hydrogens is 357 g/mol. The molecule has 0 saturated carbocycles. The van der Waals surface area contributed by atoms with Gasteiger partial charge in [0.2, 0.25) is 11.9 Å². The monoisotopic (exact) mass is 373 g/mol. The summed E-state index contributed by atoms with van der Waals surface area (Å²) in [7, 11) is 0. The molecule has 0 bridgehead atoms. The Morgan fingerprint density at radius 1 is 1.08 bits per heavy atom. The maximum Gasteiger partial charge on any atom is 0.232 e. The van der Waals surface area contributed by atoms with Gasteiger partial charge in [0.1, 0.15) is 16.7 Å². The Labute approximate surface area is 155 Å². The molecule has 3 aromatic heterocycles. The van der Waals surface area contributed by atoms with Gasteiger partial charge in [-0.1, -0.05) is 31.5 Å². The first kappa shape index (κ1) is 17.9. The second-order valence-electron chi connectivity index (χ2n) is 5.94. The molecule has 0 aliphatic carbocycles. The van der Waals surface area contributed by atoms with Gasteiger partial charge in [-0.05, 0) is 18.1 Å². The van der Waals surface area contributed by atoms with Crippen LogP contribution in [0.25, 0.3) is 11.5 Å². The van der Waals surface area contributed by atoms with Crippen molar-refractivity contribution < 1.29 is 4.39 Å². The van der Waals surface area contributed by atoms with Gasteiger partial charge in [-0.2, -0.15) is 15.0 Å². The van der Waals surface area contributed by atoms with Crippen LogP contribution in [0.1, 0.15) is 13.8 Å². The highest BCUT2D eigenvalue weighted by atomic mass is 35.5. The van der Waals surface area contributed by atoms with Crippen LogP contribution < -0.4 is 10.6 Å². The fourth-order valence-corrected chi connectivity index (χ4v) is 2.23. The van der Waals surface area contributed by atoms with E-state index in [-0.39, 0.29) is 5.95 Å². The molecule has 0 aliphatic heterocycles. The fraction of sp³-hybridized carbons (Fsp3) is 0.235. The van der Waals surface area contributed by atoms with Crippen molar-refractivity contribution >= 4 is 29.2 Å². The van der Waals surface area contributed by atoms with Gasteiger partial charge < -0.3 is 10.6 Å². The first-order valence-electron chi connectivity index (χ1n) is 8.00. The van der Waals surface area contributed by atoms with Crippen molar-refractivity contribution in [3.63, 3.8) is 0 Å². The molecule has 0 aliphatic rings. The Kier molecular flexibility index (Phi) is 5.52. The minimum absolute atomic E-state index is 0.246. The third kappa shape index (κ3) is 4.82. The van der Waals surface area contributed by atoms with E-state index >= 15 is 0 Å². The van der Waals surface area contributed by atoms with Crippen molar-refractivity contribution in [3.8, 4) is 11.5 Å². The highest BCUT2D eigenvalue weighted by Gasteiger charge is 2.11. The zero-order chi connectivity index (χ0) is 18.5. The standard InChI is InChI=1S/C17H17ClFN7/c1-10(2)7-21-16-24-15(13-4-3-5-14(18)23-13)25-17(26-16)22-12-6-11(19)8-20-9-12/h3-6,8-10H,7H2,1-2H3,(H2,21,22,24,25,26). The zero-order valence-corrected chi connectivity index (χ0v) is 15.0. The summed E-state index contributed by atoms with van der Waals surface area (Å²) in [6.07, 6.45) is 2.60. The number of aromatic nitrogens is 5. The number of nitrogens with one attached hydrogen (secondary N) is 2. The maximum absolute atomic E-state index is 13.4. The van der Waals surface area contributed by atoms with Gasteiger partial charge in [-0.3, -0.25) is 4.98 Å². The van der Waals surface area contributed by atoms with Crippen LogP contribution in [-0.4, -0.2) is 31.5 Å². The van der Waals surface area contributed by atoms with E-state index < -0.39 is 5.82 Å². The second kappa shape index (κ2) is 8.01. The number of nitrogens with zero attached hydrogens (tertiary/aromatic N) is 5. The SMILES string of the molecule is CC(C)CNc1nc(Nc2cncc(F)c2)nc(-c2cccc(Cl)n2)n1. The minimum atomic E-state index is -0.459. The van der Waals surface area contributed by atoms with Crippen molar-refractivity contribution in [1.82, 2.24) is 24.9 Å². The Hall–Kier alpha value is -2.87. The third-order valence-electron chi connectivity index (χ3n) is 3.21. The molecule has 0 saturated heterocycles. The maximum atomic E-state index is 13.4. The summed E-state index contributed by atoms with van der Waals surface area (Å²) in [5, 5.41) is 6.42. The Morgan fingerprint density at radius 3 is 2.62 bits per heavy atom. The molecule has 0 amide bonds. The lowest BCUT2D eigenvalue weighted by molar-refractivity contribution is 0.622. The molecule has 3 heterocycles. The van der Waals surface area contributed by atoms with Crippen LogP contribution in [0.3, 0.4) is 0 Å². The number of hydrogen-bond donors (Lipinski definition) is 2. The molecule has 134 valence electrons. The molecule has 3 rings (SSSR count). The highest BCUT2D eigenvalue weighted by Crippen LogP contribution is 2.20. The van der Waals surface area contributed by atoms with Gasteiger partial charge in [-0.25, -0.2) is 9.37 Å². The summed E-state index contributed by atoms with van der Waals surface area (Å²) in [5.74, 6) is 0.927. The van der Waals surface area contributed by atoms with Crippen LogP contribution in [0, 0.1) is 11.7 Å². The van der Waals surface area contributed by atoms with Crippen LogP contribution in [0.4, 0.5) is 22.0 Å². The van der Waals surface area contributed by atoms with Crippen LogP contribution >= 0.6 is 11.6 Å². The summed E-state index contributed by atoms with van der Waals surface area (Å²) < 4.78 is 13.4.